The standard InChI is InChI=1S/C8H15NO.C7H14N2O.C6H11N3/c1-8(2,3)6-4-7(10)9-5-6;1-7(2,3)9-5-4-8-6(9)10;1-6(2,3)5-4-7-9-8-5/h6H,4-5H2,1-3H3,(H,9,10);4-5H2,1-3H3,(H,8,10);4H,1-3H3,(H,7,8,9). The van der Waals surface area contributed by atoms with Crippen LogP contribution in [0.5, 0.6) is 0 Å². The lowest BCUT2D eigenvalue weighted by atomic mass is 9.80. The molecule has 0 aliphatic carbocycles. The van der Waals surface area contributed by atoms with Crippen molar-refractivity contribution in [1.82, 2.24) is 30.9 Å². The third-order valence-corrected chi connectivity index (χ3v) is 5.05. The van der Waals surface area contributed by atoms with Gasteiger partial charge in [0.05, 0.1) is 11.9 Å². The van der Waals surface area contributed by atoms with Crippen LogP contribution in [0.1, 0.15) is 74.4 Å². The van der Waals surface area contributed by atoms with Crippen LogP contribution < -0.4 is 10.6 Å². The Kier molecular flexibility index (Phi) is 8.24. The third kappa shape index (κ3) is 8.41. The van der Waals surface area contributed by atoms with E-state index >= 15 is 0 Å². The van der Waals surface area contributed by atoms with E-state index in [4.69, 9.17) is 0 Å². The molecule has 3 N–H and O–H groups in total. The maximum Gasteiger partial charge on any atom is 0.317 e. The first kappa shape index (κ1) is 24.9. The molecule has 1 atom stereocenters. The van der Waals surface area contributed by atoms with Crippen molar-refractivity contribution < 1.29 is 9.59 Å². The van der Waals surface area contributed by atoms with Gasteiger partial charge >= 0.3 is 6.03 Å². The van der Waals surface area contributed by atoms with Crippen molar-refractivity contribution in [1.29, 1.82) is 0 Å². The van der Waals surface area contributed by atoms with Crippen molar-refractivity contribution in [2.45, 2.75) is 79.7 Å². The molecule has 0 spiro atoms. The van der Waals surface area contributed by atoms with Gasteiger partial charge in [-0.15, -0.1) is 0 Å². The van der Waals surface area contributed by atoms with Crippen molar-refractivity contribution >= 4 is 11.9 Å². The van der Waals surface area contributed by atoms with E-state index in [1.54, 1.807) is 6.20 Å². The number of H-pyrrole nitrogens is 1. The van der Waals surface area contributed by atoms with Crippen LogP contribution in [0.15, 0.2) is 6.20 Å². The summed E-state index contributed by atoms with van der Waals surface area (Å²) in [4.78, 5) is 23.7. The molecule has 0 bridgehead atoms. The minimum atomic E-state index is -0.0272. The molecule has 2 aliphatic rings. The number of aromatic amines is 1. The zero-order valence-corrected chi connectivity index (χ0v) is 19.6. The summed E-state index contributed by atoms with van der Waals surface area (Å²) >= 11 is 0. The van der Waals surface area contributed by atoms with Gasteiger partial charge in [-0.25, -0.2) is 4.79 Å². The van der Waals surface area contributed by atoms with Crippen LogP contribution in [0.3, 0.4) is 0 Å². The lowest BCUT2D eigenvalue weighted by molar-refractivity contribution is -0.119. The Balaban J connectivity index is 0.000000218. The van der Waals surface area contributed by atoms with Crippen molar-refractivity contribution in [2.75, 3.05) is 19.6 Å². The molecule has 1 aromatic rings. The molecular weight excluding hydrogens is 368 g/mol. The smallest absolute Gasteiger partial charge is 0.317 e. The first-order valence-corrected chi connectivity index (χ1v) is 10.3. The van der Waals surface area contributed by atoms with Crippen LogP contribution >= 0.6 is 0 Å². The molecular formula is C21H40N6O2. The second kappa shape index (κ2) is 9.59. The topological polar surface area (TPSA) is 103 Å². The number of nitrogens with zero attached hydrogens (tertiary/aromatic N) is 3. The highest BCUT2D eigenvalue weighted by Gasteiger charge is 2.31. The average molecular weight is 409 g/mol. The summed E-state index contributed by atoms with van der Waals surface area (Å²) in [6.45, 7) is 21.4. The van der Waals surface area contributed by atoms with E-state index in [2.05, 4.69) is 67.6 Å². The maximum absolute atomic E-state index is 11.0. The normalized spacial score (nSPS) is 19.6. The number of hydrogen-bond acceptors (Lipinski definition) is 4. The Bertz CT molecular complexity index is 650. The van der Waals surface area contributed by atoms with Crippen molar-refractivity contribution in [3.05, 3.63) is 11.9 Å². The number of urea groups is 1. The third-order valence-electron chi connectivity index (χ3n) is 5.05. The molecule has 0 aromatic carbocycles. The Labute approximate surface area is 175 Å². The summed E-state index contributed by atoms with van der Waals surface area (Å²) in [5.74, 6) is 0.736. The Hall–Kier alpha value is -2.12. The van der Waals surface area contributed by atoms with Gasteiger partial charge in [-0.05, 0) is 32.1 Å². The van der Waals surface area contributed by atoms with Gasteiger partial charge in [0, 0.05) is 37.0 Å². The number of amides is 3. The lowest BCUT2D eigenvalue weighted by Crippen LogP contribution is -2.43. The molecule has 29 heavy (non-hydrogen) atoms. The quantitative estimate of drug-likeness (QED) is 0.614. The molecule has 2 fully saturated rings. The van der Waals surface area contributed by atoms with E-state index in [0.29, 0.717) is 12.3 Å². The minimum Gasteiger partial charge on any atom is -0.356 e. The second-order valence-electron chi connectivity index (χ2n) is 10.7. The van der Waals surface area contributed by atoms with E-state index in [1.807, 2.05) is 25.7 Å². The van der Waals surface area contributed by atoms with E-state index in [-0.39, 0.29) is 28.3 Å². The molecule has 0 radical (unpaired) electrons. The predicted octanol–water partition coefficient (Wildman–Crippen LogP) is 3.08. The van der Waals surface area contributed by atoms with Crippen LogP contribution in [-0.4, -0.2) is 57.4 Å². The molecule has 1 unspecified atom stereocenters. The van der Waals surface area contributed by atoms with Crippen LogP contribution in [-0.2, 0) is 10.2 Å². The molecule has 2 saturated heterocycles. The highest BCUT2D eigenvalue weighted by molar-refractivity contribution is 5.78. The van der Waals surface area contributed by atoms with Gasteiger partial charge in [0.25, 0.3) is 0 Å². The molecule has 166 valence electrons. The largest absolute Gasteiger partial charge is 0.356 e. The summed E-state index contributed by atoms with van der Waals surface area (Å²) in [6.07, 6.45) is 2.46. The van der Waals surface area contributed by atoms with Crippen LogP contribution in [0, 0.1) is 11.3 Å². The summed E-state index contributed by atoms with van der Waals surface area (Å²) in [5.41, 5.74) is 1.37. The zero-order chi connectivity index (χ0) is 22.5. The van der Waals surface area contributed by atoms with Gasteiger partial charge in [-0.2, -0.15) is 15.4 Å². The highest BCUT2D eigenvalue weighted by atomic mass is 16.2. The monoisotopic (exact) mass is 408 g/mol. The predicted molar refractivity (Wildman–Crippen MR) is 116 cm³/mol. The van der Waals surface area contributed by atoms with Crippen LogP contribution in [0.2, 0.25) is 0 Å². The number of aromatic nitrogens is 3. The summed E-state index contributed by atoms with van der Waals surface area (Å²) in [7, 11) is 0. The van der Waals surface area contributed by atoms with Gasteiger partial charge < -0.3 is 15.5 Å². The number of carbonyl (C=O) groups excluding carboxylic acids is 2. The molecule has 1 aromatic heterocycles. The highest BCUT2D eigenvalue weighted by Crippen LogP contribution is 2.30. The molecule has 3 rings (SSSR count). The van der Waals surface area contributed by atoms with Crippen LogP contribution in [0.4, 0.5) is 4.79 Å². The summed E-state index contributed by atoms with van der Waals surface area (Å²) in [5, 5.41) is 15.8. The minimum absolute atomic E-state index is 0.0272. The second-order valence-corrected chi connectivity index (χ2v) is 10.7. The van der Waals surface area contributed by atoms with Gasteiger partial charge in [-0.1, -0.05) is 41.5 Å². The average Bonchev–Trinajstić information content (AvgIpc) is 3.25. The molecule has 2 aliphatic heterocycles. The fraction of sp³-hybridized carbons (Fsp3) is 0.810. The molecule has 3 amide bonds. The number of rotatable bonds is 0. The molecule has 3 heterocycles. The van der Waals surface area contributed by atoms with Crippen molar-refractivity contribution in [3.8, 4) is 0 Å². The van der Waals surface area contributed by atoms with Gasteiger partial charge in [-0.3, -0.25) is 4.79 Å². The van der Waals surface area contributed by atoms with E-state index in [0.717, 1.165) is 25.3 Å². The lowest BCUT2D eigenvalue weighted by Gasteiger charge is -2.30. The van der Waals surface area contributed by atoms with Gasteiger partial charge in [0.15, 0.2) is 0 Å². The summed E-state index contributed by atoms with van der Waals surface area (Å²) < 4.78 is 0. The van der Waals surface area contributed by atoms with E-state index in [1.165, 1.54) is 0 Å². The fourth-order valence-corrected chi connectivity index (χ4v) is 2.89. The molecule has 0 saturated carbocycles. The summed E-state index contributed by atoms with van der Waals surface area (Å²) in [6, 6.07) is 0.0625. The van der Waals surface area contributed by atoms with Gasteiger partial charge in [0.2, 0.25) is 5.91 Å². The number of carbonyl (C=O) groups is 2. The first-order chi connectivity index (χ1) is 13.1. The van der Waals surface area contributed by atoms with Gasteiger partial charge in [0.1, 0.15) is 0 Å². The SMILES string of the molecule is CC(C)(C)C1CNC(=O)C1.CC(C)(C)N1CCNC1=O.CC(C)(C)c1cn[nH]n1. The Morgan fingerprint density at radius 1 is 1.00 bits per heavy atom. The van der Waals surface area contributed by atoms with Crippen molar-refractivity contribution in [3.63, 3.8) is 0 Å². The fourth-order valence-electron chi connectivity index (χ4n) is 2.89. The zero-order valence-electron chi connectivity index (χ0n) is 19.6. The Morgan fingerprint density at radius 3 is 1.83 bits per heavy atom. The first-order valence-electron chi connectivity index (χ1n) is 10.3. The van der Waals surface area contributed by atoms with E-state index in [9.17, 15) is 9.59 Å². The van der Waals surface area contributed by atoms with Crippen molar-refractivity contribution in [2.24, 2.45) is 11.3 Å². The number of hydrogen-bond donors (Lipinski definition) is 3. The number of nitrogens with one attached hydrogen (secondary N) is 3. The van der Waals surface area contributed by atoms with E-state index < -0.39 is 0 Å². The molecule has 8 nitrogen and oxygen atoms in total. The Morgan fingerprint density at radius 2 is 1.62 bits per heavy atom. The maximum atomic E-state index is 11.0. The molecule has 8 heteroatoms. The van der Waals surface area contributed by atoms with Crippen LogP contribution in [0.25, 0.3) is 0 Å².